The van der Waals surface area contributed by atoms with Gasteiger partial charge in [-0.2, -0.15) is 0 Å². The van der Waals surface area contributed by atoms with E-state index >= 15 is 0 Å². The molecule has 0 radical (unpaired) electrons. The van der Waals surface area contributed by atoms with Crippen molar-refractivity contribution in [3.63, 3.8) is 0 Å². The number of carbonyl (C=O) groups is 3. The van der Waals surface area contributed by atoms with Gasteiger partial charge >= 0.3 is 5.97 Å². The predicted molar refractivity (Wildman–Crippen MR) is 90.3 cm³/mol. The number of nitrogens with zero attached hydrogens (tertiary/aromatic N) is 2. The number of carbonyl (C=O) groups excluding carboxylic acids is 2. The van der Waals surface area contributed by atoms with E-state index in [1.807, 2.05) is 0 Å². The van der Waals surface area contributed by atoms with E-state index in [1.165, 1.54) is 6.33 Å². The normalized spacial score (nSPS) is 12.2. The number of ketones is 1. The van der Waals surface area contributed by atoms with Gasteiger partial charge in [0.1, 0.15) is 13.2 Å². The third-order valence-corrected chi connectivity index (χ3v) is 3.53. The summed E-state index contributed by atoms with van der Waals surface area (Å²) in [7, 11) is 0. The molecular weight excluding hydrogens is 345 g/mol. The van der Waals surface area contributed by atoms with Gasteiger partial charge in [-0.25, -0.2) is 14.2 Å². The largest absolute Gasteiger partial charge is 0.478 e. The number of aromatic nitrogens is 2. The monoisotopic (exact) mass is 361 g/mol. The number of carboxylic acid groups (broad SMARTS) is 1. The van der Waals surface area contributed by atoms with Gasteiger partial charge in [-0.1, -0.05) is 18.2 Å². The fraction of sp³-hybridized carbons (Fsp3) is 0.235. The Balaban J connectivity index is 2.12. The highest BCUT2D eigenvalue weighted by atomic mass is 19.1. The molecule has 0 spiro atoms. The van der Waals surface area contributed by atoms with Gasteiger partial charge in [-0.05, 0) is 18.6 Å². The van der Waals surface area contributed by atoms with Crippen LogP contribution in [0.25, 0.3) is 10.9 Å². The molecule has 1 atom stereocenters. The number of rotatable bonds is 8. The van der Waals surface area contributed by atoms with Gasteiger partial charge in [0.15, 0.2) is 5.78 Å². The minimum absolute atomic E-state index is 0.175. The van der Waals surface area contributed by atoms with Gasteiger partial charge in [0, 0.05) is 6.08 Å². The highest BCUT2D eigenvalue weighted by molar-refractivity contribution is 5.90. The van der Waals surface area contributed by atoms with Crippen LogP contribution in [0.4, 0.5) is 4.39 Å². The second-order valence-corrected chi connectivity index (χ2v) is 5.39. The van der Waals surface area contributed by atoms with Crippen molar-refractivity contribution in [2.24, 2.45) is 0 Å². The molecule has 1 aromatic heterocycles. The summed E-state index contributed by atoms with van der Waals surface area (Å²) in [5.41, 5.74) is 0.0586. The molecule has 0 bridgehead atoms. The topological polar surface area (TPSA) is 118 Å². The van der Waals surface area contributed by atoms with Crippen molar-refractivity contribution in [3.05, 3.63) is 53.1 Å². The maximum Gasteiger partial charge on any atom is 0.327 e. The number of benzene rings is 1. The fourth-order valence-corrected chi connectivity index (χ4v) is 2.28. The second-order valence-electron chi connectivity index (χ2n) is 5.39. The third-order valence-electron chi connectivity index (χ3n) is 3.53. The molecule has 136 valence electrons. The number of fused-ring (bicyclic) bond motifs is 1. The molecule has 8 nitrogen and oxygen atoms in total. The summed E-state index contributed by atoms with van der Waals surface area (Å²) < 4.78 is 13.7. The molecule has 2 N–H and O–H groups in total. The maximum atomic E-state index is 12.6. The highest BCUT2D eigenvalue weighted by Gasteiger charge is 2.20. The summed E-state index contributed by atoms with van der Waals surface area (Å²) in [4.78, 5) is 50.5. The van der Waals surface area contributed by atoms with Crippen molar-refractivity contribution in [1.82, 2.24) is 14.9 Å². The lowest BCUT2D eigenvalue weighted by Gasteiger charge is -2.15. The molecule has 26 heavy (non-hydrogen) atoms. The number of hydrogen-bond donors (Lipinski definition) is 2. The minimum atomic E-state index is -1.30. The number of Topliss-reactive ketones (excluding diaryl/α,β-unsaturated/α-hetero) is 1. The molecule has 2 aromatic rings. The molecule has 1 aromatic carbocycles. The first-order chi connectivity index (χ1) is 12.4. The van der Waals surface area contributed by atoms with Crippen molar-refractivity contribution < 1.29 is 23.9 Å². The first-order valence-electron chi connectivity index (χ1n) is 7.64. The van der Waals surface area contributed by atoms with Gasteiger partial charge in [0.05, 0.1) is 23.3 Å². The SMILES string of the molecule is O=C(O)/C=C/CC(NC(=O)Cn1cnc2ccccc2c1=O)C(=O)CF. The van der Waals surface area contributed by atoms with E-state index in [0.29, 0.717) is 10.9 Å². The van der Waals surface area contributed by atoms with Crippen molar-refractivity contribution in [2.45, 2.75) is 19.0 Å². The smallest absolute Gasteiger partial charge is 0.327 e. The van der Waals surface area contributed by atoms with Crippen LogP contribution >= 0.6 is 0 Å². The molecule has 0 aliphatic carbocycles. The third kappa shape index (κ3) is 4.82. The predicted octanol–water partition coefficient (Wildman–Crippen LogP) is 0.451. The summed E-state index contributed by atoms with van der Waals surface area (Å²) >= 11 is 0. The van der Waals surface area contributed by atoms with Crippen LogP contribution < -0.4 is 10.9 Å². The Labute approximate surface area is 147 Å². The lowest BCUT2D eigenvalue weighted by atomic mass is 10.1. The van der Waals surface area contributed by atoms with E-state index in [0.717, 1.165) is 16.7 Å². The molecule has 0 saturated carbocycles. The van der Waals surface area contributed by atoms with E-state index < -0.39 is 42.5 Å². The summed E-state index contributed by atoms with van der Waals surface area (Å²) in [5.74, 6) is -2.81. The Kier molecular flexibility index (Phi) is 6.31. The number of aliphatic carboxylic acids is 1. The van der Waals surface area contributed by atoms with Crippen LogP contribution in [0.3, 0.4) is 0 Å². The van der Waals surface area contributed by atoms with Gasteiger partial charge in [-0.3, -0.25) is 19.0 Å². The Morgan fingerprint density at radius 3 is 2.73 bits per heavy atom. The van der Waals surface area contributed by atoms with Crippen molar-refractivity contribution in [3.8, 4) is 0 Å². The van der Waals surface area contributed by atoms with E-state index in [-0.39, 0.29) is 6.42 Å². The zero-order valence-corrected chi connectivity index (χ0v) is 13.6. The Bertz CT molecular complexity index is 922. The summed E-state index contributed by atoms with van der Waals surface area (Å²) in [5, 5.41) is 11.2. The molecular formula is C17H16FN3O5. The van der Waals surface area contributed by atoms with Gasteiger partial charge < -0.3 is 10.4 Å². The molecule has 0 aliphatic heterocycles. The van der Waals surface area contributed by atoms with Gasteiger partial charge in [0.25, 0.3) is 5.56 Å². The van der Waals surface area contributed by atoms with E-state index in [4.69, 9.17) is 5.11 Å². The first kappa shape index (κ1) is 19.0. The summed E-state index contributed by atoms with van der Waals surface area (Å²) in [6.45, 7) is -1.71. The van der Waals surface area contributed by atoms with Crippen LogP contribution in [0.15, 0.2) is 47.5 Å². The maximum absolute atomic E-state index is 12.6. The second kappa shape index (κ2) is 8.65. The summed E-state index contributed by atoms with van der Waals surface area (Å²) in [6, 6.07) is 5.41. The van der Waals surface area contributed by atoms with Crippen molar-refractivity contribution in [1.29, 1.82) is 0 Å². The molecule has 0 fully saturated rings. The average Bonchev–Trinajstić information content (AvgIpc) is 2.62. The lowest BCUT2D eigenvalue weighted by molar-refractivity contribution is -0.131. The van der Waals surface area contributed by atoms with Crippen LogP contribution in [0.5, 0.6) is 0 Å². The van der Waals surface area contributed by atoms with Crippen LogP contribution in [0.1, 0.15) is 6.42 Å². The zero-order valence-electron chi connectivity index (χ0n) is 13.6. The zero-order chi connectivity index (χ0) is 19.1. The number of halogens is 1. The number of alkyl halides is 1. The molecule has 2 rings (SSSR count). The number of carboxylic acids is 1. The highest BCUT2D eigenvalue weighted by Crippen LogP contribution is 2.04. The average molecular weight is 361 g/mol. The number of nitrogens with one attached hydrogen (secondary N) is 1. The van der Waals surface area contributed by atoms with Crippen LogP contribution in [0.2, 0.25) is 0 Å². The van der Waals surface area contributed by atoms with Gasteiger partial charge in [0.2, 0.25) is 5.91 Å². The molecule has 1 heterocycles. The minimum Gasteiger partial charge on any atom is -0.478 e. The lowest BCUT2D eigenvalue weighted by Crippen LogP contribution is -2.43. The van der Waals surface area contributed by atoms with E-state index in [9.17, 15) is 23.6 Å². The quantitative estimate of drug-likeness (QED) is 0.659. The fourth-order valence-electron chi connectivity index (χ4n) is 2.28. The molecule has 9 heteroatoms. The Hall–Kier alpha value is -3.36. The molecule has 1 unspecified atom stereocenters. The molecule has 0 saturated heterocycles. The standard InChI is InChI=1S/C17H16FN3O5/c18-8-14(22)13(6-3-7-16(24)25)20-15(23)9-21-10-19-12-5-2-1-4-11(12)17(21)26/h1-5,7,10,13H,6,8-9H2,(H,20,23)(H,24,25)/b7-3+. The Morgan fingerprint density at radius 1 is 1.31 bits per heavy atom. The van der Waals surface area contributed by atoms with Crippen molar-refractivity contribution in [2.75, 3.05) is 6.67 Å². The van der Waals surface area contributed by atoms with Crippen LogP contribution in [0, 0.1) is 0 Å². The van der Waals surface area contributed by atoms with Crippen LogP contribution in [-0.2, 0) is 20.9 Å². The van der Waals surface area contributed by atoms with E-state index in [2.05, 4.69) is 10.3 Å². The first-order valence-corrected chi connectivity index (χ1v) is 7.64. The van der Waals surface area contributed by atoms with E-state index in [1.54, 1.807) is 24.3 Å². The molecule has 1 amide bonds. The number of hydrogen-bond acceptors (Lipinski definition) is 5. The van der Waals surface area contributed by atoms with Crippen LogP contribution in [-0.4, -0.2) is 45.0 Å². The van der Waals surface area contributed by atoms with Crippen molar-refractivity contribution >= 4 is 28.6 Å². The molecule has 0 aliphatic rings. The van der Waals surface area contributed by atoms with Gasteiger partial charge in [-0.15, -0.1) is 0 Å². The number of amides is 1. The summed E-state index contributed by atoms with van der Waals surface area (Å²) in [6.07, 6.45) is 2.97. The Morgan fingerprint density at radius 2 is 2.04 bits per heavy atom. The number of para-hydroxylation sites is 1.